The summed E-state index contributed by atoms with van der Waals surface area (Å²) in [6.45, 7) is 3.55. The van der Waals surface area contributed by atoms with E-state index in [4.69, 9.17) is 14.2 Å². The minimum Gasteiger partial charge on any atom is -0.454 e. The zero-order valence-electron chi connectivity index (χ0n) is 12.9. The Labute approximate surface area is 143 Å². The second kappa shape index (κ2) is 6.46. The Morgan fingerprint density at radius 2 is 1.96 bits per heavy atom. The number of amides is 2. The quantitative estimate of drug-likeness (QED) is 0.793. The van der Waals surface area contributed by atoms with Crippen molar-refractivity contribution in [1.82, 2.24) is 4.90 Å². The molecule has 1 aromatic rings. The molecule has 24 heavy (non-hydrogen) atoms. The van der Waals surface area contributed by atoms with Crippen molar-refractivity contribution in [3.05, 3.63) is 28.7 Å². The third-order valence-electron chi connectivity index (χ3n) is 4.15. The van der Waals surface area contributed by atoms with E-state index in [1.807, 2.05) is 12.1 Å². The summed E-state index contributed by atoms with van der Waals surface area (Å²) in [5, 5.41) is -0.217. The van der Waals surface area contributed by atoms with E-state index in [1.54, 1.807) is 12.1 Å². The van der Waals surface area contributed by atoms with Crippen LogP contribution >= 0.6 is 11.8 Å². The van der Waals surface area contributed by atoms with Crippen molar-refractivity contribution in [2.45, 2.75) is 0 Å². The normalized spacial score (nSPS) is 22.7. The maximum absolute atomic E-state index is 12.5. The molecule has 0 bridgehead atoms. The highest BCUT2D eigenvalue weighted by Gasteiger charge is 2.37. The van der Waals surface area contributed by atoms with E-state index in [0.717, 1.165) is 30.4 Å². The zero-order chi connectivity index (χ0) is 16.5. The molecule has 3 aliphatic rings. The first kappa shape index (κ1) is 15.5. The lowest BCUT2D eigenvalue weighted by atomic mass is 10.2. The van der Waals surface area contributed by atoms with Crippen molar-refractivity contribution < 1.29 is 28.7 Å². The molecule has 2 fully saturated rings. The molecular formula is C16H17N2O5S+. The minimum atomic E-state index is -0.235. The Hall–Kier alpha value is -2.03. The third kappa shape index (κ3) is 3.00. The summed E-state index contributed by atoms with van der Waals surface area (Å²) in [6, 6.07) is 5.45. The molecule has 8 heteroatoms. The summed E-state index contributed by atoms with van der Waals surface area (Å²) in [7, 11) is 0. The Morgan fingerprint density at radius 3 is 2.79 bits per heavy atom. The van der Waals surface area contributed by atoms with Crippen LogP contribution in [0.15, 0.2) is 23.1 Å². The number of imide groups is 1. The zero-order valence-corrected chi connectivity index (χ0v) is 13.8. The molecule has 0 radical (unpaired) electrons. The molecule has 0 spiro atoms. The van der Waals surface area contributed by atoms with Crippen molar-refractivity contribution in [3.8, 4) is 11.5 Å². The van der Waals surface area contributed by atoms with Crippen molar-refractivity contribution in [2.75, 3.05) is 39.8 Å². The Bertz CT molecular complexity index is 714. The number of benzene rings is 1. The molecule has 3 aliphatic heterocycles. The van der Waals surface area contributed by atoms with Crippen molar-refractivity contribution in [2.24, 2.45) is 0 Å². The van der Waals surface area contributed by atoms with E-state index in [1.165, 1.54) is 9.80 Å². The van der Waals surface area contributed by atoms with E-state index < -0.39 is 0 Å². The number of hydrogen-bond donors (Lipinski definition) is 1. The number of fused-ring (bicyclic) bond motifs is 1. The fourth-order valence-electron chi connectivity index (χ4n) is 2.83. The lowest BCUT2D eigenvalue weighted by Gasteiger charge is -2.26. The molecule has 1 N–H and O–H groups in total. The summed E-state index contributed by atoms with van der Waals surface area (Å²) >= 11 is 0.980. The number of carbonyl (C=O) groups excluding carboxylic acids is 2. The number of hydrogen-bond acceptors (Lipinski definition) is 6. The fraction of sp³-hybridized carbons (Fsp3) is 0.375. The number of rotatable bonds is 3. The predicted molar refractivity (Wildman–Crippen MR) is 86.8 cm³/mol. The maximum Gasteiger partial charge on any atom is 0.298 e. The molecule has 4 rings (SSSR count). The Balaban J connectivity index is 1.50. The van der Waals surface area contributed by atoms with Crippen LogP contribution in [0, 0.1) is 0 Å². The van der Waals surface area contributed by atoms with Crippen LogP contribution in [-0.4, -0.2) is 55.8 Å². The lowest BCUT2D eigenvalue weighted by Crippen LogP contribution is -3.15. The van der Waals surface area contributed by atoms with Gasteiger partial charge in [0.15, 0.2) is 18.2 Å². The van der Waals surface area contributed by atoms with Crippen LogP contribution in [-0.2, 0) is 9.53 Å². The van der Waals surface area contributed by atoms with Gasteiger partial charge in [0.25, 0.3) is 11.1 Å². The fourth-order valence-corrected chi connectivity index (χ4v) is 3.67. The van der Waals surface area contributed by atoms with Crippen LogP contribution in [0.2, 0.25) is 0 Å². The van der Waals surface area contributed by atoms with Gasteiger partial charge in [-0.2, -0.15) is 0 Å². The molecule has 0 aromatic heterocycles. The van der Waals surface area contributed by atoms with E-state index >= 15 is 0 Å². The SMILES string of the molecule is O=C1S/C(=C/c2ccc3c(c2)OCO3)C(=O)N1C[NH+]1CCOCC1. The second-order valence-corrected chi connectivity index (χ2v) is 6.74. The standard InChI is InChI=1S/C16H16N2O5S/c19-15-14(8-11-1-2-12-13(7-11)23-10-22-12)24-16(20)18(15)9-17-3-5-21-6-4-17/h1-2,7-8H,3-6,9-10H2/p+1/b14-8+. The van der Waals surface area contributed by atoms with Gasteiger partial charge >= 0.3 is 0 Å². The van der Waals surface area contributed by atoms with Gasteiger partial charge in [0.05, 0.1) is 18.1 Å². The highest BCUT2D eigenvalue weighted by molar-refractivity contribution is 8.18. The largest absolute Gasteiger partial charge is 0.454 e. The molecular weight excluding hydrogens is 332 g/mol. The van der Waals surface area contributed by atoms with E-state index in [2.05, 4.69) is 0 Å². The molecule has 7 nitrogen and oxygen atoms in total. The van der Waals surface area contributed by atoms with Crippen LogP contribution in [0.4, 0.5) is 4.79 Å². The molecule has 0 atom stereocenters. The van der Waals surface area contributed by atoms with Crippen molar-refractivity contribution in [1.29, 1.82) is 0 Å². The molecule has 3 heterocycles. The first-order valence-corrected chi connectivity index (χ1v) is 8.59. The number of ether oxygens (including phenoxy) is 3. The Kier molecular flexibility index (Phi) is 4.17. The monoisotopic (exact) mass is 349 g/mol. The number of nitrogens with one attached hydrogen (secondary N) is 1. The number of nitrogens with zero attached hydrogens (tertiary/aromatic N) is 1. The topological polar surface area (TPSA) is 69.5 Å². The summed E-state index contributed by atoms with van der Waals surface area (Å²) < 4.78 is 15.9. The first-order chi connectivity index (χ1) is 11.7. The average Bonchev–Trinajstić information content (AvgIpc) is 3.16. The van der Waals surface area contributed by atoms with Gasteiger partial charge in [-0.3, -0.25) is 9.59 Å². The van der Waals surface area contributed by atoms with E-state index in [-0.39, 0.29) is 17.9 Å². The number of thioether (sulfide) groups is 1. The molecule has 0 aliphatic carbocycles. The van der Waals surface area contributed by atoms with Crippen LogP contribution < -0.4 is 14.4 Å². The van der Waals surface area contributed by atoms with Crippen LogP contribution in [0.25, 0.3) is 6.08 Å². The second-order valence-electron chi connectivity index (χ2n) is 5.74. The maximum atomic E-state index is 12.5. The molecule has 126 valence electrons. The van der Waals surface area contributed by atoms with Crippen molar-refractivity contribution >= 4 is 29.0 Å². The number of carbonyl (C=O) groups is 2. The molecule has 0 saturated carbocycles. The molecule has 2 amide bonds. The molecule has 2 saturated heterocycles. The Morgan fingerprint density at radius 1 is 1.17 bits per heavy atom. The highest BCUT2D eigenvalue weighted by Crippen LogP contribution is 2.35. The number of morpholine rings is 1. The van der Waals surface area contributed by atoms with Crippen molar-refractivity contribution in [3.63, 3.8) is 0 Å². The van der Waals surface area contributed by atoms with Gasteiger partial charge < -0.3 is 19.1 Å². The van der Waals surface area contributed by atoms with Crippen LogP contribution in [0.5, 0.6) is 11.5 Å². The third-order valence-corrected chi connectivity index (χ3v) is 5.06. The lowest BCUT2D eigenvalue weighted by molar-refractivity contribution is -0.915. The summed E-state index contributed by atoms with van der Waals surface area (Å²) in [4.78, 5) is 27.7. The molecule has 1 aromatic carbocycles. The van der Waals surface area contributed by atoms with Gasteiger partial charge in [-0.15, -0.1) is 0 Å². The average molecular weight is 349 g/mol. The predicted octanol–water partition coefficient (Wildman–Crippen LogP) is 0.324. The smallest absolute Gasteiger partial charge is 0.298 e. The highest BCUT2D eigenvalue weighted by atomic mass is 32.2. The van der Waals surface area contributed by atoms with E-state index in [0.29, 0.717) is 36.3 Å². The minimum absolute atomic E-state index is 0.206. The van der Waals surface area contributed by atoms with Crippen LogP contribution in [0.1, 0.15) is 5.56 Å². The molecule has 0 unspecified atom stereocenters. The van der Waals surface area contributed by atoms with Gasteiger partial charge in [0.2, 0.25) is 6.79 Å². The number of quaternary nitrogens is 1. The summed E-state index contributed by atoms with van der Waals surface area (Å²) in [5.41, 5.74) is 0.809. The van der Waals surface area contributed by atoms with Crippen LogP contribution in [0.3, 0.4) is 0 Å². The van der Waals surface area contributed by atoms with E-state index in [9.17, 15) is 9.59 Å². The summed E-state index contributed by atoms with van der Waals surface area (Å²) in [5.74, 6) is 1.11. The first-order valence-electron chi connectivity index (χ1n) is 7.77. The summed E-state index contributed by atoms with van der Waals surface area (Å²) in [6.07, 6.45) is 1.72. The van der Waals surface area contributed by atoms with Gasteiger partial charge in [-0.05, 0) is 35.5 Å². The van der Waals surface area contributed by atoms with Gasteiger partial charge in [-0.25, -0.2) is 4.90 Å². The van der Waals surface area contributed by atoms with Gasteiger partial charge in [-0.1, -0.05) is 6.07 Å². The van der Waals surface area contributed by atoms with Gasteiger partial charge in [0, 0.05) is 0 Å². The van der Waals surface area contributed by atoms with Gasteiger partial charge in [0.1, 0.15) is 13.1 Å².